The Balaban J connectivity index is 0.00000201. The molecule has 18 heteroatoms. The average molecular weight is 701 g/mol. The Labute approximate surface area is 284 Å². The summed E-state index contributed by atoms with van der Waals surface area (Å²) in [6, 6.07) is 18.1. The molecule has 2 aromatic carbocycles. The minimum absolute atomic E-state index is 0.0323. The smallest absolute Gasteiger partial charge is 0.186 e. The van der Waals surface area contributed by atoms with E-state index in [-0.39, 0.29) is 51.4 Å². The second-order valence-corrected chi connectivity index (χ2v) is 14.3. The third kappa shape index (κ3) is 11.7. The average Bonchev–Trinajstić information content (AvgIpc) is 3.07. The summed E-state index contributed by atoms with van der Waals surface area (Å²) in [5, 5.41) is 4.05. The number of rotatable bonds is 15. The van der Waals surface area contributed by atoms with Crippen molar-refractivity contribution in [3.05, 3.63) is 82.2 Å². The molecule has 2 heterocycles. The van der Waals surface area contributed by atoms with Crippen molar-refractivity contribution in [3.8, 4) is 0 Å². The van der Waals surface area contributed by atoms with Crippen LogP contribution < -0.4 is 4.72 Å². The van der Waals surface area contributed by atoms with E-state index in [0.29, 0.717) is 13.6 Å². The minimum atomic E-state index is -4.12. The van der Waals surface area contributed by atoms with Gasteiger partial charge in [-0.05, 0) is 0 Å². The van der Waals surface area contributed by atoms with Gasteiger partial charge in [-0.15, -0.1) is 0 Å². The summed E-state index contributed by atoms with van der Waals surface area (Å²) in [6.07, 6.45) is -3.09. The quantitative estimate of drug-likeness (QED) is 0.0945. The van der Waals surface area contributed by atoms with Gasteiger partial charge in [0.1, 0.15) is 0 Å². The maximum Gasteiger partial charge on any atom is 0.373 e. The zero-order chi connectivity index (χ0) is 35.1. The molecule has 48 heavy (non-hydrogen) atoms. The molecule has 4 rings (SSSR count). The van der Waals surface area contributed by atoms with Gasteiger partial charge < -0.3 is 0 Å². The number of carbonyl (C=O) groups excluding carboxylic acids is 2. The predicted molar refractivity (Wildman–Crippen MR) is 177 cm³/mol. The van der Waals surface area contributed by atoms with Gasteiger partial charge in [0.05, 0.1) is 0 Å². The summed E-state index contributed by atoms with van der Waals surface area (Å²) in [6.45, 7) is 9.36. The number of hydrogen-bond donors (Lipinski definition) is 1. The fraction of sp³-hybridized carbons (Fsp3) is 0.567. The fourth-order valence-electron chi connectivity index (χ4n) is 5.67. The Kier molecular flexibility index (Phi) is 16.5. The van der Waals surface area contributed by atoms with Gasteiger partial charge >= 0.3 is 239 Å². The summed E-state index contributed by atoms with van der Waals surface area (Å²) in [5.74, 6) is -0.389. The molecule has 2 aliphatic heterocycles. The second-order valence-electron chi connectivity index (χ2n) is 11.5. The van der Waals surface area contributed by atoms with Crippen LogP contribution in [0.15, 0.2) is 65.8 Å². The van der Waals surface area contributed by atoms with Crippen LogP contribution in [0.5, 0.6) is 0 Å². The minimum Gasteiger partial charge on any atom is -0.186 e. The Bertz CT molecular complexity index is 1470. The van der Waals surface area contributed by atoms with E-state index in [1.165, 1.54) is 6.89 Å². The van der Waals surface area contributed by atoms with Crippen LogP contribution in [0, 0.1) is 11.8 Å². The van der Waals surface area contributed by atoms with Crippen molar-refractivity contribution in [2.75, 3.05) is 6.61 Å². The van der Waals surface area contributed by atoms with Crippen molar-refractivity contribution >= 4 is 38.8 Å². The van der Waals surface area contributed by atoms with Crippen molar-refractivity contribution in [1.82, 2.24) is 4.72 Å². The first-order chi connectivity index (χ1) is 23.0. The molecule has 0 bridgehead atoms. The maximum atomic E-state index is 12.7. The number of nitrogens with zero attached hydrogens (tertiary/aromatic N) is 3. The third-order valence-corrected chi connectivity index (χ3v) is 10.9. The molecule has 11 atom stereocenters. The van der Waals surface area contributed by atoms with Crippen LogP contribution in [0.25, 0.3) is 10.4 Å². The first kappa shape index (κ1) is 39.6. The van der Waals surface area contributed by atoms with E-state index >= 15 is 0 Å². The largest absolute Gasteiger partial charge is 0.373 e. The monoisotopic (exact) mass is 701 g/mol. The van der Waals surface area contributed by atoms with Crippen molar-refractivity contribution in [3.63, 3.8) is 0 Å². The number of hydrogen-bond acceptors (Lipinski definition) is 11. The van der Waals surface area contributed by atoms with E-state index < -0.39 is 47.1 Å². The van der Waals surface area contributed by atoms with Crippen molar-refractivity contribution < 1.29 is 45.8 Å². The predicted octanol–water partition coefficient (Wildman–Crippen LogP) is 3.54. The first-order valence-corrected chi connectivity index (χ1v) is 18.0. The van der Waals surface area contributed by atoms with Gasteiger partial charge in [-0.2, -0.15) is 9.59 Å². The molecule has 0 aromatic heterocycles. The van der Waals surface area contributed by atoms with E-state index in [1.54, 1.807) is 12.1 Å². The van der Waals surface area contributed by atoms with E-state index in [4.69, 9.17) is 32.7 Å². The molecular formula is C30H40B2N4O10PS. The Morgan fingerprint density at radius 3 is 2.19 bits per heavy atom. The van der Waals surface area contributed by atoms with E-state index in [9.17, 15) is 18.7 Å². The molecule has 2 aromatic rings. The van der Waals surface area contributed by atoms with Gasteiger partial charge in [0.15, 0.2) is 0 Å². The molecule has 0 aliphatic carbocycles. The van der Waals surface area contributed by atoms with Gasteiger partial charge in [0.25, 0.3) is 0 Å². The Morgan fingerprint density at radius 2 is 1.58 bits per heavy atom. The van der Waals surface area contributed by atoms with Gasteiger partial charge in [0, 0.05) is 0 Å². The standard InChI is InChI=1S/C29H40B2N4O8PS.CO2/c1-18-20(3)41-21(4)27(26(18)39-16-23-13-9-6-10-14-23)43-29-25(34-35-32)28(44-31-30-36)19(2)24(42-29)17-40-45(37,38)33-15-22-11-7-5-8-12-22;2-1-3/h5-14,18-21,24-29,33,44H,15-17H2,1-4H3;/t18?,19-,20+,21?,24?,25?,26+,27?,28+,29-;/m1./s1. The second kappa shape index (κ2) is 20.0. The van der Waals surface area contributed by atoms with Crippen LogP contribution in [-0.4, -0.2) is 83.6 Å². The van der Waals surface area contributed by atoms with Crippen LogP contribution in [0.2, 0.25) is 0 Å². The van der Waals surface area contributed by atoms with Gasteiger partial charge in [-0.3, -0.25) is 0 Å². The summed E-state index contributed by atoms with van der Waals surface area (Å²) in [4.78, 5) is 19.3. The topological polar surface area (TPSA) is 192 Å². The molecule has 257 valence electrons. The molecule has 0 spiro atoms. The number of nitrogens with one attached hydrogen (secondary N) is 1. The van der Waals surface area contributed by atoms with Crippen LogP contribution in [0.3, 0.4) is 0 Å². The van der Waals surface area contributed by atoms with E-state index in [1.807, 2.05) is 76.2 Å². The first-order valence-electron chi connectivity index (χ1n) is 15.4. The zero-order valence-electron chi connectivity index (χ0n) is 27.2. The number of ether oxygens (including phenoxy) is 4. The summed E-state index contributed by atoms with van der Waals surface area (Å²) < 4.78 is 70.2. The van der Waals surface area contributed by atoms with Gasteiger partial charge in [0.2, 0.25) is 0 Å². The Morgan fingerprint density at radius 1 is 0.958 bits per heavy atom. The van der Waals surface area contributed by atoms with Crippen LogP contribution in [0.1, 0.15) is 38.8 Å². The molecule has 2 saturated heterocycles. The summed E-state index contributed by atoms with van der Waals surface area (Å²) >= 11 is 0. The fourth-order valence-corrected chi connectivity index (χ4v) is 7.65. The molecule has 6 unspecified atom stereocenters. The summed E-state index contributed by atoms with van der Waals surface area (Å²) in [7, 11) is -3.46. The van der Waals surface area contributed by atoms with E-state index in [2.05, 4.69) is 14.7 Å². The molecule has 14 nitrogen and oxygen atoms in total. The SMILES string of the molecule is CC1O[C@@H](C)C(C)[C@H](OCc2ccccc2)C1O[C@H]1OC(COS(=O)(=O)NCc2ccccc2)[C@@H](C)[C@H](P[B]B=O)C1N=[N+]=[N-].O=C=O. The van der Waals surface area contributed by atoms with Crippen molar-refractivity contribution in [2.45, 2.75) is 89.4 Å². The normalized spacial score (nSPS) is 30.2. The summed E-state index contributed by atoms with van der Waals surface area (Å²) in [5.41, 5.74) is 10.9. The van der Waals surface area contributed by atoms with E-state index in [0.717, 1.165) is 11.1 Å². The number of benzene rings is 2. The molecule has 1 N–H and O–H groups in total. The molecule has 2 aliphatic rings. The number of azide groups is 1. The zero-order valence-corrected chi connectivity index (χ0v) is 29.0. The molecule has 0 saturated carbocycles. The molecular weight excluding hydrogens is 661 g/mol. The third-order valence-electron chi connectivity index (χ3n) is 8.38. The molecule has 0 amide bonds. The molecule has 2 fully saturated rings. The van der Waals surface area contributed by atoms with Crippen molar-refractivity contribution in [1.29, 1.82) is 0 Å². The Hall–Kier alpha value is -2.80. The van der Waals surface area contributed by atoms with Crippen LogP contribution in [-0.2, 0) is 60.9 Å². The molecule has 1 radical (unpaired) electrons. The van der Waals surface area contributed by atoms with Crippen LogP contribution in [0.4, 0.5) is 0 Å². The van der Waals surface area contributed by atoms with Crippen LogP contribution >= 0.6 is 8.46 Å². The van der Waals surface area contributed by atoms with Gasteiger partial charge in [-0.1, -0.05) is 36.4 Å². The van der Waals surface area contributed by atoms with Gasteiger partial charge in [-0.25, -0.2) is 0 Å². The van der Waals surface area contributed by atoms with Crippen molar-refractivity contribution in [2.24, 2.45) is 17.0 Å². The maximum absolute atomic E-state index is 12.7.